The molecule has 0 saturated carbocycles. The van der Waals surface area contributed by atoms with Gasteiger partial charge in [-0.1, -0.05) is 0 Å². The fourth-order valence-electron chi connectivity index (χ4n) is 3.22. The standard InChI is InChI=1S/C16H31N3O2/c1-13-11-18(12-14-5-7-17-8-6-14)9-10-19(13)15(20)21-16(2,3)4/h13-14,17H,5-12H2,1-4H3/t13-/m0/s1. The molecule has 0 aromatic rings. The van der Waals surface area contributed by atoms with Gasteiger partial charge in [-0.05, 0) is 59.5 Å². The van der Waals surface area contributed by atoms with Crippen molar-refractivity contribution in [3.8, 4) is 0 Å². The van der Waals surface area contributed by atoms with Crippen molar-refractivity contribution in [3.63, 3.8) is 0 Å². The number of carbonyl (C=O) groups excluding carboxylic acids is 1. The molecule has 5 nitrogen and oxygen atoms in total. The highest BCUT2D eigenvalue weighted by Crippen LogP contribution is 2.19. The summed E-state index contributed by atoms with van der Waals surface area (Å²) in [7, 11) is 0. The number of amides is 1. The third-order valence-corrected chi connectivity index (χ3v) is 4.31. The minimum Gasteiger partial charge on any atom is -0.444 e. The molecule has 5 heteroatoms. The highest BCUT2D eigenvalue weighted by molar-refractivity contribution is 5.68. The van der Waals surface area contributed by atoms with Crippen LogP contribution in [0.1, 0.15) is 40.5 Å². The fourth-order valence-corrected chi connectivity index (χ4v) is 3.22. The van der Waals surface area contributed by atoms with Gasteiger partial charge in [0.1, 0.15) is 5.60 Å². The van der Waals surface area contributed by atoms with E-state index in [4.69, 9.17) is 4.74 Å². The molecule has 1 N–H and O–H groups in total. The molecular formula is C16H31N3O2. The van der Waals surface area contributed by atoms with E-state index in [2.05, 4.69) is 17.1 Å². The molecule has 2 heterocycles. The predicted octanol–water partition coefficient (Wildman–Crippen LogP) is 1.93. The zero-order valence-corrected chi connectivity index (χ0v) is 14.0. The Morgan fingerprint density at radius 1 is 1.24 bits per heavy atom. The minimum absolute atomic E-state index is 0.170. The van der Waals surface area contributed by atoms with Crippen LogP contribution in [0.3, 0.4) is 0 Å². The summed E-state index contributed by atoms with van der Waals surface area (Å²) < 4.78 is 5.49. The quantitative estimate of drug-likeness (QED) is 0.846. The van der Waals surface area contributed by atoms with E-state index in [0.717, 1.165) is 38.6 Å². The topological polar surface area (TPSA) is 44.8 Å². The normalized spacial score (nSPS) is 25.9. The first-order valence-electron chi connectivity index (χ1n) is 8.28. The lowest BCUT2D eigenvalue weighted by atomic mass is 9.97. The summed E-state index contributed by atoms with van der Waals surface area (Å²) in [4.78, 5) is 16.6. The monoisotopic (exact) mass is 297 g/mol. The molecule has 2 aliphatic heterocycles. The Hall–Kier alpha value is -0.810. The van der Waals surface area contributed by atoms with Crippen molar-refractivity contribution in [3.05, 3.63) is 0 Å². The lowest BCUT2D eigenvalue weighted by Crippen LogP contribution is -2.55. The van der Waals surface area contributed by atoms with Crippen LogP contribution in [0, 0.1) is 5.92 Å². The van der Waals surface area contributed by atoms with Crippen LogP contribution in [-0.4, -0.2) is 66.8 Å². The third kappa shape index (κ3) is 5.15. The summed E-state index contributed by atoms with van der Waals surface area (Å²) >= 11 is 0. The Morgan fingerprint density at radius 3 is 2.48 bits per heavy atom. The summed E-state index contributed by atoms with van der Waals surface area (Å²) in [6.45, 7) is 14.1. The SMILES string of the molecule is C[C@H]1CN(CC2CCNCC2)CCN1C(=O)OC(C)(C)C. The number of nitrogens with zero attached hydrogens (tertiary/aromatic N) is 2. The number of carbonyl (C=O) groups is 1. The van der Waals surface area contributed by atoms with Crippen molar-refractivity contribution >= 4 is 6.09 Å². The zero-order valence-electron chi connectivity index (χ0n) is 14.0. The Morgan fingerprint density at radius 2 is 1.90 bits per heavy atom. The Labute approximate surface area is 129 Å². The molecule has 2 rings (SSSR count). The second-order valence-corrected chi connectivity index (χ2v) is 7.48. The second kappa shape index (κ2) is 6.97. The molecule has 2 aliphatic rings. The van der Waals surface area contributed by atoms with Gasteiger partial charge in [-0.25, -0.2) is 4.79 Å². The predicted molar refractivity (Wildman–Crippen MR) is 84.4 cm³/mol. The van der Waals surface area contributed by atoms with Crippen LogP contribution in [0.4, 0.5) is 4.79 Å². The maximum absolute atomic E-state index is 12.2. The summed E-state index contributed by atoms with van der Waals surface area (Å²) in [6.07, 6.45) is 2.39. The van der Waals surface area contributed by atoms with Gasteiger partial charge in [-0.15, -0.1) is 0 Å². The lowest BCUT2D eigenvalue weighted by molar-refractivity contribution is -0.000687. The largest absolute Gasteiger partial charge is 0.444 e. The summed E-state index contributed by atoms with van der Waals surface area (Å²) in [6, 6.07) is 0.232. The first-order valence-corrected chi connectivity index (χ1v) is 8.28. The molecule has 1 amide bonds. The van der Waals surface area contributed by atoms with E-state index in [1.54, 1.807) is 0 Å². The molecule has 21 heavy (non-hydrogen) atoms. The lowest BCUT2D eigenvalue weighted by Gasteiger charge is -2.41. The van der Waals surface area contributed by atoms with Crippen LogP contribution < -0.4 is 5.32 Å². The van der Waals surface area contributed by atoms with Crippen LogP contribution in [0.15, 0.2) is 0 Å². The molecule has 0 radical (unpaired) electrons. The molecule has 0 aromatic heterocycles. The van der Waals surface area contributed by atoms with Gasteiger partial charge in [0.2, 0.25) is 0 Å². The molecule has 0 aliphatic carbocycles. The highest BCUT2D eigenvalue weighted by Gasteiger charge is 2.31. The van der Waals surface area contributed by atoms with E-state index < -0.39 is 5.60 Å². The summed E-state index contributed by atoms with van der Waals surface area (Å²) in [5.74, 6) is 0.812. The van der Waals surface area contributed by atoms with Crippen LogP contribution in [-0.2, 0) is 4.74 Å². The van der Waals surface area contributed by atoms with Crippen LogP contribution in [0.25, 0.3) is 0 Å². The number of nitrogens with one attached hydrogen (secondary N) is 1. The number of piperidine rings is 1. The Bertz CT molecular complexity index is 348. The van der Waals surface area contributed by atoms with Crippen molar-refractivity contribution < 1.29 is 9.53 Å². The number of ether oxygens (including phenoxy) is 1. The maximum atomic E-state index is 12.2. The van der Waals surface area contributed by atoms with Gasteiger partial charge in [0.15, 0.2) is 0 Å². The van der Waals surface area contributed by atoms with Gasteiger partial charge in [-0.2, -0.15) is 0 Å². The molecule has 0 aromatic carbocycles. The van der Waals surface area contributed by atoms with Gasteiger partial charge in [-0.3, -0.25) is 4.90 Å². The van der Waals surface area contributed by atoms with Gasteiger partial charge >= 0.3 is 6.09 Å². The van der Waals surface area contributed by atoms with Crippen molar-refractivity contribution in [2.45, 2.75) is 52.2 Å². The smallest absolute Gasteiger partial charge is 0.410 e. The summed E-state index contributed by atoms with van der Waals surface area (Å²) in [5.41, 5.74) is -0.414. The number of rotatable bonds is 2. The number of hydrogen-bond acceptors (Lipinski definition) is 4. The van der Waals surface area contributed by atoms with E-state index >= 15 is 0 Å². The number of hydrogen-bond donors (Lipinski definition) is 1. The van der Waals surface area contributed by atoms with Crippen molar-refractivity contribution in [2.75, 3.05) is 39.3 Å². The molecule has 0 bridgehead atoms. The van der Waals surface area contributed by atoms with E-state index in [1.165, 1.54) is 19.4 Å². The molecule has 0 spiro atoms. The first kappa shape index (κ1) is 16.6. The molecular weight excluding hydrogens is 266 g/mol. The molecule has 122 valence electrons. The second-order valence-electron chi connectivity index (χ2n) is 7.48. The van der Waals surface area contributed by atoms with Crippen LogP contribution in [0.2, 0.25) is 0 Å². The highest BCUT2D eigenvalue weighted by atomic mass is 16.6. The first-order chi connectivity index (χ1) is 9.85. The van der Waals surface area contributed by atoms with Gasteiger partial charge in [0.25, 0.3) is 0 Å². The minimum atomic E-state index is -0.414. The average Bonchev–Trinajstić information content (AvgIpc) is 2.37. The molecule has 2 fully saturated rings. The summed E-state index contributed by atoms with van der Waals surface area (Å²) in [5, 5.41) is 3.42. The van der Waals surface area contributed by atoms with Gasteiger partial charge < -0.3 is 15.0 Å². The van der Waals surface area contributed by atoms with E-state index in [1.807, 2.05) is 25.7 Å². The molecule has 2 saturated heterocycles. The van der Waals surface area contributed by atoms with E-state index in [-0.39, 0.29) is 12.1 Å². The Balaban J connectivity index is 1.79. The van der Waals surface area contributed by atoms with Crippen LogP contribution >= 0.6 is 0 Å². The van der Waals surface area contributed by atoms with Crippen LogP contribution in [0.5, 0.6) is 0 Å². The molecule has 0 unspecified atom stereocenters. The van der Waals surface area contributed by atoms with E-state index in [0.29, 0.717) is 0 Å². The molecule has 1 atom stereocenters. The fraction of sp³-hybridized carbons (Fsp3) is 0.938. The number of piperazine rings is 1. The third-order valence-electron chi connectivity index (χ3n) is 4.31. The van der Waals surface area contributed by atoms with Gasteiger partial charge in [0.05, 0.1) is 0 Å². The maximum Gasteiger partial charge on any atom is 0.410 e. The van der Waals surface area contributed by atoms with Crippen molar-refractivity contribution in [1.29, 1.82) is 0 Å². The van der Waals surface area contributed by atoms with Gasteiger partial charge in [0, 0.05) is 32.2 Å². The van der Waals surface area contributed by atoms with Crippen molar-refractivity contribution in [1.82, 2.24) is 15.1 Å². The Kier molecular flexibility index (Phi) is 5.49. The van der Waals surface area contributed by atoms with Crippen molar-refractivity contribution in [2.24, 2.45) is 5.92 Å². The average molecular weight is 297 g/mol. The zero-order chi connectivity index (χ0) is 15.5. The van der Waals surface area contributed by atoms with E-state index in [9.17, 15) is 4.79 Å².